The normalized spacial score (nSPS) is 11.5. The van der Waals surface area contributed by atoms with E-state index in [-0.39, 0.29) is 22.8 Å². The number of hydrogen-bond donors (Lipinski definition) is 0. The van der Waals surface area contributed by atoms with E-state index in [1.165, 1.54) is 39.4 Å². The molecular weight excluding hydrogens is 354 g/mol. The average Bonchev–Trinajstić information content (AvgIpc) is 2.61. The highest BCUT2D eigenvalue weighted by Crippen LogP contribution is 2.27. The highest BCUT2D eigenvalue weighted by Gasteiger charge is 2.24. The minimum atomic E-state index is -3.75. The Morgan fingerprint density at radius 1 is 1.08 bits per heavy atom. The van der Waals surface area contributed by atoms with Gasteiger partial charge in [-0.3, -0.25) is 0 Å². The summed E-state index contributed by atoms with van der Waals surface area (Å²) in [6.45, 7) is 4.03. The number of sulfonamides is 1. The molecule has 2 aromatic carbocycles. The molecule has 0 saturated carbocycles. The maximum Gasteiger partial charge on any atom is 0.338 e. The molecule has 0 bridgehead atoms. The Hall–Kier alpha value is -2.38. The molecule has 0 aliphatic rings. The van der Waals surface area contributed by atoms with Crippen LogP contribution < -0.4 is 4.74 Å². The smallest absolute Gasteiger partial charge is 0.338 e. The second-order valence-corrected chi connectivity index (χ2v) is 8.28. The van der Waals surface area contributed by atoms with Gasteiger partial charge in [-0.2, -0.15) is 0 Å². The van der Waals surface area contributed by atoms with Gasteiger partial charge in [0.1, 0.15) is 17.3 Å². The van der Waals surface area contributed by atoms with Gasteiger partial charge in [-0.15, -0.1) is 0 Å². The predicted octanol–water partition coefficient (Wildman–Crippen LogP) is 2.92. The van der Waals surface area contributed by atoms with Gasteiger partial charge in [0.05, 0.1) is 12.7 Å². The van der Waals surface area contributed by atoms with Gasteiger partial charge in [0.2, 0.25) is 10.0 Å². The maximum atomic E-state index is 12.4. The Morgan fingerprint density at radius 2 is 1.77 bits per heavy atom. The van der Waals surface area contributed by atoms with Gasteiger partial charge in [-0.1, -0.05) is 23.8 Å². The average molecular weight is 377 g/mol. The number of benzene rings is 2. The molecule has 0 radical (unpaired) electrons. The molecule has 0 fully saturated rings. The third kappa shape index (κ3) is 4.23. The molecule has 140 valence electrons. The lowest BCUT2D eigenvalue weighted by molar-refractivity contribution is 0.0471. The lowest BCUT2D eigenvalue weighted by Gasteiger charge is -2.15. The zero-order chi connectivity index (χ0) is 19.5. The van der Waals surface area contributed by atoms with Crippen molar-refractivity contribution in [2.45, 2.75) is 25.3 Å². The van der Waals surface area contributed by atoms with Crippen molar-refractivity contribution in [3.05, 3.63) is 58.7 Å². The summed E-state index contributed by atoms with van der Waals surface area (Å²) in [5, 5.41) is 0. The molecule has 26 heavy (non-hydrogen) atoms. The number of hydrogen-bond acceptors (Lipinski definition) is 5. The fraction of sp³-hybridized carbons (Fsp3) is 0.316. The van der Waals surface area contributed by atoms with Crippen LogP contribution in [0.25, 0.3) is 0 Å². The highest BCUT2D eigenvalue weighted by molar-refractivity contribution is 7.89. The molecule has 7 heteroatoms. The molecule has 0 aliphatic carbocycles. The van der Waals surface area contributed by atoms with Crippen LogP contribution in [0.3, 0.4) is 0 Å². The number of esters is 1. The Bertz CT molecular complexity index is 920. The first-order chi connectivity index (χ1) is 12.2. The predicted molar refractivity (Wildman–Crippen MR) is 98.9 cm³/mol. The van der Waals surface area contributed by atoms with Gasteiger partial charge >= 0.3 is 5.97 Å². The first-order valence-corrected chi connectivity index (χ1v) is 9.44. The molecule has 0 aromatic heterocycles. The summed E-state index contributed by atoms with van der Waals surface area (Å²) in [7, 11) is 0.457. The fourth-order valence-electron chi connectivity index (χ4n) is 2.38. The Balaban J connectivity index is 2.28. The molecule has 0 aliphatic heterocycles. The second-order valence-electron chi connectivity index (χ2n) is 6.16. The number of rotatable bonds is 6. The summed E-state index contributed by atoms with van der Waals surface area (Å²) in [6.07, 6.45) is 0. The van der Waals surface area contributed by atoms with E-state index in [4.69, 9.17) is 9.47 Å². The first kappa shape index (κ1) is 19.9. The van der Waals surface area contributed by atoms with Crippen LogP contribution in [0, 0.1) is 13.8 Å². The minimum Gasteiger partial charge on any atom is -0.495 e. The van der Waals surface area contributed by atoms with E-state index >= 15 is 0 Å². The zero-order valence-electron chi connectivity index (χ0n) is 15.6. The summed E-state index contributed by atoms with van der Waals surface area (Å²) < 4.78 is 36.4. The monoisotopic (exact) mass is 377 g/mol. The van der Waals surface area contributed by atoms with Gasteiger partial charge in [0.25, 0.3) is 0 Å². The molecule has 0 saturated heterocycles. The molecule has 2 aromatic rings. The summed E-state index contributed by atoms with van der Waals surface area (Å²) in [5.41, 5.74) is 3.16. The number of methoxy groups -OCH3 is 1. The SMILES string of the molecule is COc1ccc(C(=O)OCc2cc(C)ccc2C)cc1S(=O)(=O)N(C)C. The van der Waals surface area contributed by atoms with Crippen molar-refractivity contribution >= 4 is 16.0 Å². The standard InChI is InChI=1S/C19H23NO5S/c1-13-6-7-14(2)16(10-13)12-25-19(21)15-8-9-17(24-5)18(11-15)26(22,23)20(3)4/h6-11H,12H2,1-5H3. The van der Waals surface area contributed by atoms with Gasteiger partial charge in [0, 0.05) is 14.1 Å². The summed E-state index contributed by atoms with van der Waals surface area (Å²) in [5.74, 6) is -0.423. The molecule has 0 atom stereocenters. The van der Waals surface area contributed by atoms with Gasteiger partial charge in [-0.25, -0.2) is 17.5 Å². The van der Waals surface area contributed by atoms with Crippen LogP contribution in [-0.4, -0.2) is 39.9 Å². The van der Waals surface area contributed by atoms with Crippen molar-refractivity contribution in [2.24, 2.45) is 0 Å². The zero-order valence-corrected chi connectivity index (χ0v) is 16.4. The van der Waals surface area contributed by atoms with Crippen LogP contribution in [0.4, 0.5) is 0 Å². The topological polar surface area (TPSA) is 72.9 Å². The van der Waals surface area contributed by atoms with Crippen molar-refractivity contribution < 1.29 is 22.7 Å². The number of carbonyl (C=O) groups is 1. The van der Waals surface area contributed by atoms with E-state index in [9.17, 15) is 13.2 Å². The van der Waals surface area contributed by atoms with Crippen molar-refractivity contribution in [3.63, 3.8) is 0 Å². The van der Waals surface area contributed by atoms with Gasteiger partial charge < -0.3 is 9.47 Å². The number of ether oxygens (including phenoxy) is 2. The maximum absolute atomic E-state index is 12.4. The van der Waals surface area contributed by atoms with Crippen LogP contribution in [0.2, 0.25) is 0 Å². The molecule has 0 unspecified atom stereocenters. The molecular formula is C19H23NO5S. The van der Waals surface area contributed by atoms with Crippen LogP contribution >= 0.6 is 0 Å². The van der Waals surface area contributed by atoms with Crippen molar-refractivity contribution in [2.75, 3.05) is 21.2 Å². The lowest BCUT2D eigenvalue weighted by atomic mass is 10.1. The second kappa shape index (κ2) is 7.88. The molecule has 2 rings (SSSR count). The van der Waals surface area contributed by atoms with E-state index < -0.39 is 16.0 Å². The van der Waals surface area contributed by atoms with Crippen LogP contribution in [0.5, 0.6) is 5.75 Å². The quantitative estimate of drug-likeness (QED) is 0.724. The third-order valence-electron chi connectivity index (χ3n) is 4.02. The number of nitrogens with zero attached hydrogens (tertiary/aromatic N) is 1. The molecule has 0 N–H and O–H groups in total. The first-order valence-electron chi connectivity index (χ1n) is 8.00. The minimum absolute atomic E-state index is 0.0776. The van der Waals surface area contributed by atoms with Crippen molar-refractivity contribution in [1.82, 2.24) is 4.31 Å². The number of aryl methyl sites for hydroxylation is 2. The van der Waals surface area contributed by atoms with Crippen molar-refractivity contribution in [1.29, 1.82) is 0 Å². The Kier molecular flexibility index (Phi) is 6.05. The molecule has 6 nitrogen and oxygen atoms in total. The molecule has 0 heterocycles. The van der Waals surface area contributed by atoms with E-state index in [0.717, 1.165) is 21.0 Å². The third-order valence-corrected chi connectivity index (χ3v) is 5.86. The van der Waals surface area contributed by atoms with Gasteiger partial charge in [-0.05, 0) is 43.2 Å². The summed E-state index contributed by atoms with van der Waals surface area (Å²) in [6, 6.07) is 10.1. The summed E-state index contributed by atoms with van der Waals surface area (Å²) >= 11 is 0. The number of carbonyl (C=O) groups excluding carboxylic acids is 1. The fourth-order valence-corrected chi connectivity index (χ4v) is 3.46. The lowest BCUT2D eigenvalue weighted by Crippen LogP contribution is -2.23. The molecule has 0 amide bonds. The Labute approximate surface area is 154 Å². The van der Waals surface area contributed by atoms with Crippen LogP contribution in [0.1, 0.15) is 27.0 Å². The van der Waals surface area contributed by atoms with E-state index in [2.05, 4.69) is 0 Å². The largest absolute Gasteiger partial charge is 0.495 e. The summed E-state index contributed by atoms with van der Waals surface area (Å²) in [4.78, 5) is 12.3. The van der Waals surface area contributed by atoms with Crippen LogP contribution in [-0.2, 0) is 21.4 Å². The van der Waals surface area contributed by atoms with Crippen LogP contribution in [0.15, 0.2) is 41.3 Å². The molecule has 0 spiro atoms. The van der Waals surface area contributed by atoms with E-state index in [1.807, 2.05) is 32.0 Å². The highest BCUT2D eigenvalue weighted by atomic mass is 32.2. The van der Waals surface area contributed by atoms with E-state index in [1.54, 1.807) is 0 Å². The van der Waals surface area contributed by atoms with Crippen molar-refractivity contribution in [3.8, 4) is 5.75 Å². The van der Waals surface area contributed by atoms with E-state index in [0.29, 0.717) is 0 Å². The Morgan fingerprint density at radius 3 is 2.38 bits per heavy atom. The van der Waals surface area contributed by atoms with Gasteiger partial charge in [0.15, 0.2) is 0 Å².